The molecule has 7 nitrogen and oxygen atoms in total. The van der Waals surface area contributed by atoms with Crippen LogP contribution in [-0.4, -0.2) is 48.7 Å². The molecule has 0 bridgehead atoms. The fourth-order valence-corrected chi connectivity index (χ4v) is 2.83. The van der Waals surface area contributed by atoms with Crippen LogP contribution in [0.1, 0.15) is 26.3 Å². The largest absolute Gasteiger partial charge is 0.497 e. The molecule has 1 heterocycles. The van der Waals surface area contributed by atoms with Crippen molar-refractivity contribution >= 4 is 11.8 Å². The predicted octanol–water partition coefficient (Wildman–Crippen LogP) is 1.89. The summed E-state index contributed by atoms with van der Waals surface area (Å²) < 4.78 is 10.8. The van der Waals surface area contributed by atoms with E-state index >= 15 is 0 Å². The maximum absolute atomic E-state index is 12.8. The van der Waals surface area contributed by atoms with Crippen molar-refractivity contribution in [2.45, 2.75) is 6.42 Å². The van der Waals surface area contributed by atoms with Gasteiger partial charge in [-0.2, -0.15) is 0 Å². The quantitative estimate of drug-likeness (QED) is 0.631. The van der Waals surface area contributed by atoms with Crippen molar-refractivity contribution in [1.82, 2.24) is 10.4 Å². The Kier molecular flexibility index (Phi) is 5.38. The van der Waals surface area contributed by atoms with E-state index in [0.717, 1.165) is 17.7 Å². The van der Waals surface area contributed by atoms with Gasteiger partial charge in [0.25, 0.3) is 11.8 Å². The monoisotopic (exact) mass is 356 g/mol. The molecule has 2 aromatic carbocycles. The predicted molar refractivity (Wildman–Crippen MR) is 93.8 cm³/mol. The Morgan fingerprint density at radius 3 is 2.73 bits per heavy atom. The van der Waals surface area contributed by atoms with Crippen molar-refractivity contribution in [3.05, 3.63) is 59.2 Å². The van der Waals surface area contributed by atoms with Gasteiger partial charge in [-0.25, -0.2) is 5.48 Å². The van der Waals surface area contributed by atoms with E-state index in [1.807, 2.05) is 24.3 Å². The van der Waals surface area contributed by atoms with Gasteiger partial charge in [-0.3, -0.25) is 14.8 Å². The van der Waals surface area contributed by atoms with E-state index in [1.165, 1.54) is 12.1 Å². The number of ether oxygens (including phenoxy) is 2. The second-order valence-electron chi connectivity index (χ2n) is 5.89. The first-order valence-corrected chi connectivity index (χ1v) is 8.26. The van der Waals surface area contributed by atoms with Gasteiger partial charge in [-0.1, -0.05) is 12.1 Å². The third-order valence-corrected chi connectivity index (χ3v) is 4.31. The van der Waals surface area contributed by atoms with Crippen molar-refractivity contribution in [2.24, 2.45) is 0 Å². The topological polar surface area (TPSA) is 88.1 Å². The molecule has 26 heavy (non-hydrogen) atoms. The maximum Gasteiger partial charge on any atom is 0.274 e. The normalized spacial score (nSPS) is 13.5. The molecule has 136 valence electrons. The molecule has 0 saturated heterocycles. The molecule has 2 N–H and O–H groups in total. The molecule has 0 atom stereocenters. The van der Waals surface area contributed by atoms with E-state index in [9.17, 15) is 9.59 Å². The average molecular weight is 356 g/mol. The summed E-state index contributed by atoms with van der Waals surface area (Å²) in [6, 6.07) is 12.2. The lowest BCUT2D eigenvalue weighted by Crippen LogP contribution is -2.34. The molecule has 3 rings (SSSR count). The van der Waals surface area contributed by atoms with E-state index in [0.29, 0.717) is 31.0 Å². The zero-order chi connectivity index (χ0) is 18.5. The van der Waals surface area contributed by atoms with Gasteiger partial charge in [0, 0.05) is 12.1 Å². The number of rotatable bonds is 5. The van der Waals surface area contributed by atoms with Crippen LogP contribution in [0.25, 0.3) is 0 Å². The standard InChI is InChI=1S/C19H20N2O5/c1-25-15-5-2-13(3-6-15)8-9-21-10-11-26-17-12-14(18(22)20-24)4-7-16(17)19(21)23/h2-7,12,24H,8-11H2,1H3,(H,20,22). The second-order valence-corrected chi connectivity index (χ2v) is 5.89. The third kappa shape index (κ3) is 3.78. The number of nitrogens with one attached hydrogen (secondary N) is 1. The molecule has 0 aromatic heterocycles. The fourth-order valence-electron chi connectivity index (χ4n) is 2.83. The number of amides is 2. The molecule has 0 saturated carbocycles. The molecule has 7 heteroatoms. The Morgan fingerprint density at radius 2 is 2.04 bits per heavy atom. The summed E-state index contributed by atoms with van der Waals surface area (Å²) in [7, 11) is 1.62. The first-order chi connectivity index (χ1) is 12.6. The number of hydrogen-bond donors (Lipinski definition) is 2. The van der Waals surface area contributed by atoms with Crippen LogP contribution >= 0.6 is 0 Å². The highest BCUT2D eigenvalue weighted by atomic mass is 16.5. The van der Waals surface area contributed by atoms with Crippen LogP contribution in [-0.2, 0) is 6.42 Å². The first kappa shape index (κ1) is 17.8. The van der Waals surface area contributed by atoms with Gasteiger partial charge < -0.3 is 14.4 Å². The third-order valence-electron chi connectivity index (χ3n) is 4.31. The zero-order valence-electron chi connectivity index (χ0n) is 14.4. The summed E-state index contributed by atoms with van der Waals surface area (Å²) in [5, 5.41) is 8.73. The molecule has 2 amide bonds. The number of hydroxylamine groups is 1. The molecule has 0 spiro atoms. The van der Waals surface area contributed by atoms with Crippen LogP contribution in [0, 0.1) is 0 Å². The molecule has 1 aliphatic rings. The molecular weight excluding hydrogens is 336 g/mol. The Balaban J connectivity index is 1.72. The van der Waals surface area contributed by atoms with E-state index in [2.05, 4.69) is 0 Å². The highest BCUT2D eigenvalue weighted by Gasteiger charge is 2.24. The maximum atomic E-state index is 12.8. The molecule has 2 aromatic rings. The molecule has 1 aliphatic heterocycles. The summed E-state index contributed by atoms with van der Waals surface area (Å²) in [6.07, 6.45) is 0.718. The van der Waals surface area contributed by atoms with Crippen LogP contribution in [0.5, 0.6) is 11.5 Å². The van der Waals surface area contributed by atoms with Gasteiger partial charge in [0.05, 0.1) is 19.2 Å². The van der Waals surface area contributed by atoms with Crippen molar-refractivity contribution in [2.75, 3.05) is 26.8 Å². The Bertz CT molecular complexity index is 804. The number of carbonyl (C=O) groups is 2. The smallest absolute Gasteiger partial charge is 0.274 e. The molecular formula is C19H20N2O5. The van der Waals surface area contributed by atoms with Gasteiger partial charge in [-0.15, -0.1) is 0 Å². The number of carbonyl (C=O) groups excluding carboxylic acids is 2. The Labute approximate surface area is 151 Å². The van der Waals surface area contributed by atoms with Crippen LogP contribution in [0.15, 0.2) is 42.5 Å². The van der Waals surface area contributed by atoms with Crippen LogP contribution < -0.4 is 15.0 Å². The Morgan fingerprint density at radius 1 is 1.27 bits per heavy atom. The molecule has 0 unspecified atom stereocenters. The highest BCUT2D eigenvalue weighted by molar-refractivity contribution is 6.00. The minimum absolute atomic E-state index is 0.137. The van der Waals surface area contributed by atoms with Gasteiger partial charge in [0.2, 0.25) is 0 Å². The minimum atomic E-state index is -0.649. The molecule has 0 radical (unpaired) electrons. The lowest BCUT2D eigenvalue weighted by atomic mass is 10.1. The van der Waals surface area contributed by atoms with Gasteiger partial charge in [0.15, 0.2) is 0 Å². The van der Waals surface area contributed by atoms with Crippen molar-refractivity contribution in [3.63, 3.8) is 0 Å². The minimum Gasteiger partial charge on any atom is -0.497 e. The average Bonchev–Trinajstić information content (AvgIpc) is 2.84. The fraction of sp³-hybridized carbons (Fsp3) is 0.263. The highest BCUT2D eigenvalue weighted by Crippen LogP contribution is 2.25. The van der Waals surface area contributed by atoms with Crippen molar-refractivity contribution in [1.29, 1.82) is 0 Å². The van der Waals surface area contributed by atoms with Gasteiger partial charge in [-0.05, 0) is 42.3 Å². The number of methoxy groups -OCH3 is 1. The van der Waals surface area contributed by atoms with Crippen molar-refractivity contribution in [3.8, 4) is 11.5 Å². The number of hydrogen-bond acceptors (Lipinski definition) is 5. The summed E-state index contributed by atoms with van der Waals surface area (Å²) in [5.74, 6) is 0.360. The van der Waals surface area contributed by atoms with E-state index in [-0.39, 0.29) is 11.5 Å². The van der Waals surface area contributed by atoms with Gasteiger partial charge >= 0.3 is 0 Å². The molecule has 0 fully saturated rings. The first-order valence-electron chi connectivity index (χ1n) is 8.26. The molecule has 0 aliphatic carbocycles. The number of nitrogens with zero attached hydrogens (tertiary/aromatic N) is 1. The summed E-state index contributed by atoms with van der Waals surface area (Å²) in [6.45, 7) is 1.36. The van der Waals surface area contributed by atoms with E-state index < -0.39 is 5.91 Å². The summed E-state index contributed by atoms with van der Waals surface area (Å²) >= 11 is 0. The summed E-state index contributed by atoms with van der Waals surface area (Å²) in [4.78, 5) is 26.0. The summed E-state index contributed by atoms with van der Waals surface area (Å²) in [5.41, 5.74) is 3.32. The van der Waals surface area contributed by atoms with Gasteiger partial charge in [0.1, 0.15) is 18.1 Å². The number of benzene rings is 2. The van der Waals surface area contributed by atoms with Crippen LogP contribution in [0.2, 0.25) is 0 Å². The SMILES string of the molecule is COc1ccc(CCN2CCOc3cc(C(=O)NO)ccc3C2=O)cc1. The Hall–Kier alpha value is -3.06. The van der Waals surface area contributed by atoms with Crippen molar-refractivity contribution < 1.29 is 24.3 Å². The van der Waals surface area contributed by atoms with E-state index in [1.54, 1.807) is 23.6 Å². The van der Waals surface area contributed by atoms with E-state index in [4.69, 9.17) is 14.7 Å². The number of fused-ring (bicyclic) bond motifs is 1. The van der Waals surface area contributed by atoms with Crippen LogP contribution in [0.3, 0.4) is 0 Å². The van der Waals surface area contributed by atoms with Crippen LogP contribution in [0.4, 0.5) is 0 Å². The lowest BCUT2D eigenvalue weighted by Gasteiger charge is -2.20. The second kappa shape index (κ2) is 7.88. The lowest BCUT2D eigenvalue weighted by molar-refractivity contribution is 0.0705. The zero-order valence-corrected chi connectivity index (χ0v) is 14.4.